The average Bonchev–Trinajstić information content (AvgIpc) is 1.10. The van der Waals surface area contributed by atoms with Gasteiger partial charge in [0, 0.05) is 61.5 Å². The molecule has 0 saturated carbocycles. The van der Waals surface area contributed by atoms with E-state index in [4.69, 9.17) is 0 Å². The fourth-order valence-electron chi connectivity index (χ4n) is 15.0. The van der Waals surface area contributed by atoms with Crippen LogP contribution >= 0.6 is 0 Å². The number of benzene rings is 14. The highest BCUT2D eigenvalue weighted by molar-refractivity contribution is 7.20. The van der Waals surface area contributed by atoms with Crippen molar-refractivity contribution in [1.82, 2.24) is 4.57 Å². The predicted molar refractivity (Wildman–Crippen MR) is 380 cm³/mol. The Morgan fingerprint density at radius 2 is 0.618 bits per heavy atom. The summed E-state index contributed by atoms with van der Waals surface area (Å²) >= 11 is 0. The highest BCUT2D eigenvalue weighted by atomic mass is 28.3. The second-order valence-corrected chi connectivity index (χ2v) is 27.2. The molecule has 0 aliphatic carbocycles. The zero-order chi connectivity index (χ0) is 58.8. The Morgan fingerprint density at radius 3 is 1.04 bits per heavy atom. The third kappa shape index (κ3) is 8.34. The van der Waals surface area contributed by atoms with Crippen molar-refractivity contribution in [2.75, 3.05) is 9.80 Å². The molecule has 0 bridgehead atoms. The summed E-state index contributed by atoms with van der Waals surface area (Å²) in [5.74, 6) is 0. The van der Waals surface area contributed by atoms with Crippen LogP contribution in [0.5, 0.6) is 0 Å². The zero-order valence-corrected chi connectivity index (χ0v) is 49.9. The van der Waals surface area contributed by atoms with Crippen LogP contribution in [0.1, 0.15) is 0 Å². The maximum Gasteiger partial charge on any atom is 0.252 e. The van der Waals surface area contributed by atoms with Crippen LogP contribution in [0.4, 0.5) is 34.1 Å². The highest BCUT2D eigenvalue weighted by Crippen LogP contribution is 2.52. The topological polar surface area (TPSA) is 11.4 Å². The van der Waals surface area contributed by atoms with Gasteiger partial charge in [-0.25, -0.2) is 0 Å². The van der Waals surface area contributed by atoms with E-state index in [-0.39, 0.29) is 6.71 Å². The fourth-order valence-corrected chi connectivity index (χ4v) is 19.8. The van der Waals surface area contributed by atoms with Gasteiger partial charge in [-0.1, -0.05) is 309 Å². The van der Waals surface area contributed by atoms with E-state index >= 15 is 0 Å². The summed E-state index contributed by atoms with van der Waals surface area (Å²) in [5.41, 5.74) is 23.3. The molecule has 0 amide bonds. The standard InChI is InChI=1S/C84H58BN3Si/c1-8-29-59(30-9-1)68-45-26-46-69(60-31-10-2-11-32-60)83(68)87-78-56-54-67(89(64-37-16-5-17-38-64,65-39-18-6-19-40-65)66-41-20-7-21-42-66)58-75(78)85-74-55-53-63(86-76-49-24-22-43-72(76)73-44-23-25-50-77(73)86)57-81(74)88(80-52-28-51-79(87)82(80)85)84-70(61-33-12-3-13-34-61)47-27-48-71(84)62-35-14-4-15-36-62/h1-58H. The summed E-state index contributed by atoms with van der Waals surface area (Å²) in [4.78, 5) is 5.30. The van der Waals surface area contributed by atoms with E-state index in [0.717, 1.165) is 84.3 Å². The average molecular weight is 1150 g/mol. The van der Waals surface area contributed by atoms with Gasteiger partial charge in [-0.05, 0) is 102 Å². The third-order valence-corrected chi connectivity index (χ3v) is 23.5. The lowest BCUT2D eigenvalue weighted by Gasteiger charge is -2.46. The molecule has 2 aliphatic heterocycles. The zero-order valence-electron chi connectivity index (χ0n) is 48.9. The SMILES string of the molecule is c1ccc(-c2cccc(-c3ccccc3)c2N2c3ccc([Si](c4ccccc4)(c4ccccc4)c4ccccc4)cc3B3c4ccc(-n5c6ccccc6c6ccccc65)cc4N(c4c(-c5ccccc5)cccc4-c4ccccc4)c4cccc2c43)cc1. The lowest BCUT2D eigenvalue weighted by molar-refractivity contribution is 1.17. The van der Waals surface area contributed by atoms with Gasteiger partial charge in [0.25, 0.3) is 6.71 Å². The van der Waals surface area contributed by atoms with E-state index in [1.165, 1.54) is 58.9 Å². The molecule has 3 nitrogen and oxygen atoms in total. The Balaban J connectivity index is 1.04. The Bertz CT molecular complexity index is 4870. The minimum Gasteiger partial charge on any atom is -0.310 e. The van der Waals surface area contributed by atoms with Gasteiger partial charge in [0.1, 0.15) is 0 Å². The van der Waals surface area contributed by atoms with Crippen LogP contribution in [0.15, 0.2) is 352 Å². The molecule has 0 spiro atoms. The Morgan fingerprint density at radius 1 is 0.247 bits per heavy atom. The van der Waals surface area contributed by atoms with Gasteiger partial charge >= 0.3 is 0 Å². The minimum atomic E-state index is -3.09. The normalized spacial score (nSPS) is 12.4. The first-order valence-corrected chi connectivity index (χ1v) is 32.9. The van der Waals surface area contributed by atoms with E-state index in [0.29, 0.717) is 0 Å². The molecule has 0 fully saturated rings. The van der Waals surface area contributed by atoms with Crippen LogP contribution < -0.4 is 46.9 Å². The maximum atomic E-state index is 2.66. The van der Waals surface area contributed by atoms with Crippen LogP contribution in [-0.2, 0) is 0 Å². The molecule has 0 atom stereocenters. The molecular formula is C84H58BN3Si. The quantitative estimate of drug-likeness (QED) is 0.0945. The van der Waals surface area contributed by atoms with Gasteiger partial charge in [0.15, 0.2) is 8.07 Å². The van der Waals surface area contributed by atoms with Gasteiger partial charge in [-0.2, -0.15) is 0 Å². The molecule has 5 heteroatoms. The van der Waals surface area contributed by atoms with Gasteiger partial charge in [0.2, 0.25) is 0 Å². The van der Waals surface area contributed by atoms with Crippen LogP contribution in [0.25, 0.3) is 72.0 Å². The Hall–Kier alpha value is -11.2. The molecule has 0 N–H and O–H groups in total. The number of para-hydroxylation sites is 4. The number of hydrogen-bond acceptors (Lipinski definition) is 2. The van der Waals surface area contributed by atoms with Crippen molar-refractivity contribution in [1.29, 1.82) is 0 Å². The highest BCUT2D eigenvalue weighted by Gasteiger charge is 2.48. The van der Waals surface area contributed by atoms with Crippen LogP contribution in [0, 0.1) is 0 Å². The second-order valence-electron chi connectivity index (χ2n) is 23.4. The number of anilines is 6. The first-order valence-electron chi connectivity index (χ1n) is 30.9. The van der Waals surface area contributed by atoms with Crippen LogP contribution in [0.3, 0.4) is 0 Å². The van der Waals surface area contributed by atoms with Crippen molar-refractivity contribution in [2.24, 2.45) is 0 Å². The summed E-state index contributed by atoms with van der Waals surface area (Å²) in [6.07, 6.45) is 0. The summed E-state index contributed by atoms with van der Waals surface area (Å²) in [5, 5.41) is 7.80. The fraction of sp³-hybridized carbons (Fsp3) is 0. The lowest BCUT2D eigenvalue weighted by Crippen LogP contribution is -2.75. The van der Waals surface area contributed by atoms with Crippen molar-refractivity contribution in [3.63, 3.8) is 0 Å². The van der Waals surface area contributed by atoms with Crippen molar-refractivity contribution in [3.8, 4) is 50.2 Å². The second kappa shape index (κ2) is 21.6. The molecule has 89 heavy (non-hydrogen) atoms. The Kier molecular flexibility index (Phi) is 12.7. The van der Waals surface area contributed by atoms with E-state index in [1.54, 1.807) is 0 Å². The minimum absolute atomic E-state index is 0.215. The molecule has 15 aromatic rings. The first kappa shape index (κ1) is 52.1. The molecule has 1 aromatic heterocycles. The van der Waals surface area contributed by atoms with Gasteiger partial charge in [-0.3, -0.25) is 0 Å². The molecule has 2 aliphatic rings. The smallest absolute Gasteiger partial charge is 0.252 e. The van der Waals surface area contributed by atoms with Crippen molar-refractivity contribution >= 4 is 108 Å². The molecule has 0 radical (unpaired) electrons. The first-order chi connectivity index (χ1) is 44.2. The number of rotatable bonds is 11. The van der Waals surface area contributed by atoms with Crippen LogP contribution in [0.2, 0.25) is 0 Å². The number of hydrogen-bond donors (Lipinski definition) is 0. The molecule has 0 saturated heterocycles. The van der Waals surface area contributed by atoms with Gasteiger partial charge in [-0.15, -0.1) is 0 Å². The molecule has 0 unspecified atom stereocenters. The third-order valence-electron chi connectivity index (χ3n) is 18.7. The van der Waals surface area contributed by atoms with E-state index in [9.17, 15) is 0 Å². The molecular weight excluding hydrogens is 1090 g/mol. The number of fused-ring (bicyclic) bond motifs is 7. The van der Waals surface area contributed by atoms with E-state index in [2.05, 4.69) is 366 Å². The molecule has 17 rings (SSSR count). The van der Waals surface area contributed by atoms with E-state index in [1.807, 2.05) is 0 Å². The lowest BCUT2D eigenvalue weighted by atomic mass is 9.33. The summed E-state index contributed by atoms with van der Waals surface area (Å²) in [7, 11) is -3.09. The van der Waals surface area contributed by atoms with Crippen LogP contribution in [-0.4, -0.2) is 19.4 Å². The van der Waals surface area contributed by atoms with Gasteiger partial charge in [0.05, 0.1) is 22.4 Å². The Labute approximate surface area is 521 Å². The summed E-state index contributed by atoms with van der Waals surface area (Å²) in [6.45, 7) is -0.215. The maximum absolute atomic E-state index is 3.09. The van der Waals surface area contributed by atoms with Crippen molar-refractivity contribution in [2.45, 2.75) is 0 Å². The van der Waals surface area contributed by atoms with Crippen molar-refractivity contribution < 1.29 is 0 Å². The number of nitrogens with zero attached hydrogens (tertiary/aromatic N) is 3. The largest absolute Gasteiger partial charge is 0.310 e. The summed E-state index contributed by atoms with van der Waals surface area (Å²) in [6, 6.07) is 132. The molecule has 14 aromatic carbocycles. The van der Waals surface area contributed by atoms with Gasteiger partial charge < -0.3 is 14.4 Å². The van der Waals surface area contributed by atoms with E-state index < -0.39 is 8.07 Å². The molecule has 416 valence electrons. The molecule has 3 heterocycles. The number of aromatic nitrogens is 1. The monoisotopic (exact) mass is 1150 g/mol. The summed E-state index contributed by atoms with van der Waals surface area (Å²) < 4.78 is 2.48. The van der Waals surface area contributed by atoms with Crippen molar-refractivity contribution in [3.05, 3.63) is 352 Å². The predicted octanol–water partition coefficient (Wildman–Crippen LogP) is 16.9.